The molecule has 0 fully saturated rings. The molecule has 0 aliphatic carbocycles. The zero-order valence-corrected chi connectivity index (χ0v) is 13.4. The summed E-state index contributed by atoms with van der Waals surface area (Å²) in [6, 6.07) is 7.05. The third kappa shape index (κ3) is 4.12. The van der Waals surface area contributed by atoms with Crippen molar-refractivity contribution in [1.29, 1.82) is 0 Å². The lowest BCUT2D eigenvalue weighted by molar-refractivity contribution is -0.122. The molecule has 23 heavy (non-hydrogen) atoms. The van der Waals surface area contributed by atoms with Gasteiger partial charge in [-0.25, -0.2) is 0 Å². The van der Waals surface area contributed by atoms with Gasteiger partial charge in [-0.3, -0.25) is 9.59 Å². The summed E-state index contributed by atoms with van der Waals surface area (Å²) in [7, 11) is 0. The number of benzene rings is 1. The van der Waals surface area contributed by atoms with Gasteiger partial charge >= 0.3 is 0 Å². The van der Waals surface area contributed by atoms with Crippen LogP contribution in [0.3, 0.4) is 0 Å². The van der Waals surface area contributed by atoms with E-state index in [1.807, 2.05) is 20.8 Å². The standard InChI is InChI=1S/C15H20N6O2/c1-4-20(9-14(22)17-11(2)3)15(23)12-7-5-6-8-13(12)21-10-16-18-19-21/h5-8,10-11H,4,9H2,1-3H3,(H,17,22). The number of carbonyl (C=O) groups excluding carboxylic acids is 2. The summed E-state index contributed by atoms with van der Waals surface area (Å²) in [6.07, 6.45) is 1.42. The normalized spacial score (nSPS) is 10.6. The first kappa shape index (κ1) is 16.6. The van der Waals surface area contributed by atoms with Gasteiger partial charge in [0.2, 0.25) is 5.91 Å². The Bertz CT molecular complexity index is 668. The van der Waals surface area contributed by atoms with E-state index in [1.54, 1.807) is 24.3 Å². The Morgan fingerprint density at radius 3 is 2.65 bits per heavy atom. The minimum atomic E-state index is -0.238. The number of tetrazole rings is 1. The Morgan fingerprint density at radius 1 is 1.30 bits per heavy atom. The van der Waals surface area contributed by atoms with Crippen molar-refractivity contribution in [2.45, 2.75) is 26.8 Å². The van der Waals surface area contributed by atoms with Crippen LogP contribution < -0.4 is 5.32 Å². The summed E-state index contributed by atoms with van der Waals surface area (Å²) in [6.45, 7) is 6.03. The molecule has 2 amide bonds. The fourth-order valence-electron chi connectivity index (χ4n) is 2.16. The van der Waals surface area contributed by atoms with Crippen molar-refractivity contribution in [3.8, 4) is 5.69 Å². The summed E-state index contributed by atoms with van der Waals surface area (Å²) in [5.41, 5.74) is 1.02. The third-order valence-electron chi connectivity index (χ3n) is 3.18. The Labute approximate surface area is 134 Å². The van der Waals surface area contributed by atoms with Gasteiger partial charge in [-0.2, -0.15) is 4.68 Å². The molecule has 0 bridgehead atoms. The van der Waals surface area contributed by atoms with Crippen molar-refractivity contribution in [2.24, 2.45) is 0 Å². The quantitative estimate of drug-likeness (QED) is 0.844. The van der Waals surface area contributed by atoms with Crippen molar-refractivity contribution in [3.63, 3.8) is 0 Å². The molecule has 1 aromatic carbocycles. The number of nitrogens with zero attached hydrogens (tertiary/aromatic N) is 5. The van der Waals surface area contributed by atoms with E-state index in [2.05, 4.69) is 20.8 Å². The van der Waals surface area contributed by atoms with Crippen LogP contribution in [0.5, 0.6) is 0 Å². The maximum Gasteiger partial charge on any atom is 0.256 e. The molecule has 2 aromatic rings. The highest BCUT2D eigenvalue weighted by Crippen LogP contribution is 2.15. The molecule has 8 heteroatoms. The summed E-state index contributed by atoms with van der Waals surface area (Å²) in [5.74, 6) is -0.424. The molecule has 1 heterocycles. The van der Waals surface area contributed by atoms with Gasteiger partial charge in [0.05, 0.1) is 17.8 Å². The molecule has 1 N–H and O–H groups in total. The molecule has 0 aliphatic rings. The maximum absolute atomic E-state index is 12.8. The number of nitrogens with one attached hydrogen (secondary N) is 1. The van der Waals surface area contributed by atoms with E-state index >= 15 is 0 Å². The van der Waals surface area contributed by atoms with Crippen molar-refractivity contribution >= 4 is 11.8 Å². The Morgan fingerprint density at radius 2 is 2.04 bits per heavy atom. The number of amides is 2. The predicted molar refractivity (Wildman–Crippen MR) is 84.0 cm³/mol. The first-order valence-corrected chi connectivity index (χ1v) is 7.44. The average Bonchev–Trinajstić information content (AvgIpc) is 3.05. The molecule has 2 rings (SSSR count). The number of hydrogen-bond acceptors (Lipinski definition) is 5. The first-order valence-electron chi connectivity index (χ1n) is 7.44. The van der Waals surface area contributed by atoms with Crippen molar-refractivity contribution < 1.29 is 9.59 Å². The summed E-state index contributed by atoms with van der Waals surface area (Å²) in [4.78, 5) is 26.2. The molecule has 0 saturated heterocycles. The van der Waals surface area contributed by atoms with Crippen LogP contribution in [0, 0.1) is 0 Å². The van der Waals surface area contributed by atoms with E-state index in [9.17, 15) is 9.59 Å². The number of aromatic nitrogens is 4. The van der Waals surface area contributed by atoms with Gasteiger partial charge in [0.25, 0.3) is 5.91 Å². The van der Waals surface area contributed by atoms with Gasteiger partial charge in [-0.15, -0.1) is 5.10 Å². The smallest absolute Gasteiger partial charge is 0.256 e. The highest BCUT2D eigenvalue weighted by atomic mass is 16.2. The lowest BCUT2D eigenvalue weighted by Crippen LogP contribution is -2.42. The van der Waals surface area contributed by atoms with Crippen LogP contribution in [0.25, 0.3) is 5.69 Å². The van der Waals surface area contributed by atoms with Gasteiger partial charge < -0.3 is 10.2 Å². The SMILES string of the molecule is CCN(CC(=O)NC(C)C)C(=O)c1ccccc1-n1cnnn1. The number of hydrogen-bond donors (Lipinski definition) is 1. The van der Waals surface area contributed by atoms with Crippen molar-refractivity contribution in [1.82, 2.24) is 30.4 Å². The number of likely N-dealkylation sites (N-methyl/N-ethyl adjacent to an activating group) is 1. The van der Waals surface area contributed by atoms with E-state index in [4.69, 9.17) is 0 Å². The zero-order valence-electron chi connectivity index (χ0n) is 13.4. The van der Waals surface area contributed by atoms with Gasteiger partial charge in [0.15, 0.2) is 0 Å². The second-order valence-electron chi connectivity index (χ2n) is 5.31. The molecule has 122 valence electrons. The molecule has 0 radical (unpaired) electrons. The number of carbonyl (C=O) groups is 2. The van der Waals surface area contributed by atoms with E-state index in [0.717, 1.165) is 0 Å². The van der Waals surface area contributed by atoms with Crippen LogP contribution in [0.15, 0.2) is 30.6 Å². The second kappa shape index (κ2) is 7.48. The van der Waals surface area contributed by atoms with Crippen LogP contribution in [-0.2, 0) is 4.79 Å². The van der Waals surface area contributed by atoms with Crippen molar-refractivity contribution in [3.05, 3.63) is 36.2 Å². The van der Waals surface area contributed by atoms with E-state index in [1.165, 1.54) is 15.9 Å². The van der Waals surface area contributed by atoms with Crippen LogP contribution in [0.2, 0.25) is 0 Å². The predicted octanol–water partition coefficient (Wildman–Crippen LogP) is 0.649. The van der Waals surface area contributed by atoms with Crippen LogP contribution >= 0.6 is 0 Å². The van der Waals surface area contributed by atoms with Crippen LogP contribution in [-0.4, -0.2) is 56.1 Å². The monoisotopic (exact) mass is 316 g/mol. The molecular weight excluding hydrogens is 296 g/mol. The van der Waals surface area contributed by atoms with E-state index < -0.39 is 0 Å². The third-order valence-corrected chi connectivity index (χ3v) is 3.18. The van der Waals surface area contributed by atoms with E-state index in [0.29, 0.717) is 17.8 Å². The van der Waals surface area contributed by atoms with E-state index in [-0.39, 0.29) is 24.4 Å². The average molecular weight is 316 g/mol. The van der Waals surface area contributed by atoms with Gasteiger partial charge in [0, 0.05) is 12.6 Å². The second-order valence-corrected chi connectivity index (χ2v) is 5.31. The summed E-state index contributed by atoms with van der Waals surface area (Å²) >= 11 is 0. The summed E-state index contributed by atoms with van der Waals surface area (Å²) in [5, 5.41) is 13.8. The fraction of sp³-hybridized carbons (Fsp3) is 0.400. The molecule has 8 nitrogen and oxygen atoms in total. The molecule has 0 aliphatic heterocycles. The van der Waals surface area contributed by atoms with Crippen molar-refractivity contribution in [2.75, 3.05) is 13.1 Å². The number of rotatable bonds is 6. The lowest BCUT2D eigenvalue weighted by atomic mass is 10.1. The molecule has 0 atom stereocenters. The molecule has 0 saturated carbocycles. The maximum atomic E-state index is 12.8. The zero-order chi connectivity index (χ0) is 16.8. The lowest BCUT2D eigenvalue weighted by Gasteiger charge is -2.22. The number of para-hydroxylation sites is 1. The molecular formula is C15H20N6O2. The molecule has 1 aromatic heterocycles. The Hall–Kier alpha value is -2.77. The topological polar surface area (TPSA) is 93.0 Å². The molecule has 0 unspecified atom stereocenters. The van der Waals surface area contributed by atoms with Gasteiger partial charge in [0.1, 0.15) is 6.33 Å². The minimum absolute atomic E-state index is 0.0114. The fourth-order valence-corrected chi connectivity index (χ4v) is 2.16. The summed E-state index contributed by atoms with van der Waals surface area (Å²) < 4.78 is 1.43. The van der Waals surface area contributed by atoms with Crippen LogP contribution in [0.1, 0.15) is 31.1 Å². The Kier molecular flexibility index (Phi) is 5.40. The van der Waals surface area contributed by atoms with Crippen LogP contribution in [0.4, 0.5) is 0 Å². The highest BCUT2D eigenvalue weighted by Gasteiger charge is 2.21. The van der Waals surface area contributed by atoms with Gasteiger partial charge in [-0.1, -0.05) is 12.1 Å². The first-order chi connectivity index (χ1) is 11.0. The molecule has 0 spiro atoms. The Balaban J connectivity index is 2.23. The minimum Gasteiger partial charge on any atom is -0.352 e. The van der Waals surface area contributed by atoms with Gasteiger partial charge in [-0.05, 0) is 43.3 Å². The highest BCUT2D eigenvalue weighted by molar-refractivity contribution is 5.99. The largest absolute Gasteiger partial charge is 0.352 e.